The summed E-state index contributed by atoms with van der Waals surface area (Å²) in [6.45, 7) is 6.85. The minimum atomic E-state index is 0. The van der Waals surface area contributed by atoms with E-state index < -0.39 is 0 Å². The molecule has 0 amide bonds. The quantitative estimate of drug-likeness (QED) is 0.753. The van der Waals surface area contributed by atoms with E-state index in [4.69, 9.17) is 5.11 Å². The zero-order valence-electron chi connectivity index (χ0n) is 7.84. The minimum absolute atomic E-state index is 0. The van der Waals surface area contributed by atoms with Gasteiger partial charge >= 0.3 is 0 Å². The summed E-state index contributed by atoms with van der Waals surface area (Å²) in [5, 5.41) is 6.75. The van der Waals surface area contributed by atoms with Gasteiger partial charge in [0.15, 0.2) is 0 Å². The summed E-state index contributed by atoms with van der Waals surface area (Å²) >= 11 is 0. The molecule has 1 N–H and O–H groups in total. The van der Waals surface area contributed by atoms with Gasteiger partial charge < -0.3 is 9.84 Å². The summed E-state index contributed by atoms with van der Waals surface area (Å²) in [7, 11) is 5.35. The molecule has 0 aliphatic heterocycles. The zero-order valence-corrected chi connectivity index (χ0v) is 13.5. The number of aliphatic hydroxyl groups is 1. The molecule has 0 aromatic carbocycles. The molecule has 2 radical (unpaired) electrons. The first kappa shape index (κ1) is 29.2. The molecule has 0 bridgehead atoms. The van der Waals surface area contributed by atoms with E-state index in [2.05, 4.69) is 32.8 Å². The van der Waals surface area contributed by atoms with Gasteiger partial charge in [-0.05, 0) is 6.92 Å². The minimum Gasteiger partial charge on any atom is -0.569 e. The van der Waals surface area contributed by atoms with Crippen LogP contribution in [0.5, 0.6) is 0 Å². The van der Waals surface area contributed by atoms with Gasteiger partial charge in [-0.25, -0.2) is 14.2 Å². The van der Waals surface area contributed by atoms with Crippen LogP contribution in [0.1, 0.15) is 27.2 Å². The van der Waals surface area contributed by atoms with Crippen molar-refractivity contribution in [2.45, 2.75) is 27.2 Å². The molecule has 0 saturated carbocycles. The molecule has 11 heavy (non-hydrogen) atoms. The smallest absolute Gasteiger partial charge is 0.00804 e. The van der Waals surface area contributed by atoms with Crippen LogP contribution >= 0.6 is 0 Å². The third-order valence-electron chi connectivity index (χ3n) is 0.204. The molecule has 2 nitrogen and oxygen atoms in total. The van der Waals surface area contributed by atoms with Gasteiger partial charge in [-0.3, -0.25) is 0 Å². The Hall–Kier alpha value is 2.13. The summed E-state index contributed by atoms with van der Waals surface area (Å²) in [6.07, 6.45) is 1.25. The molecule has 0 heterocycles. The van der Waals surface area contributed by atoms with E-state index >= 15 is 0 Å². The zero-order chi connectivity index (χ0) is 8.12. The molecule has 0 atom stereocenters. The molecule has 0 aliphatic rings. The molecule has 66 valence electrons. The van der Waals surface area contributed by atoms with Crippen LogP contribution in [-0.4, -0.2) is 11.7 Å². The van der Waals surface area contributed by atoms with Crippen molar-refractivity contribution < 1.29 is 75.3 Å². The first-order valence-electron chi connectivity index (χ1n) is 3.01. The topological polar surface area (TPSA) is 29.5 Å². The molecule has 0 aromatic heterocycles. The first-order chi connectivity index (χ1) is 4.33. The third-order valence-corrected chi connectivity index (χ3v) is 0.204. The maximum absolute atomic E-state index is 6.75. The van der Waals surface area contributed by atoms with Crippen molar-refractivity contribution in [2.24, 2.45) is 0 Å². The van der Waals surface area contributed by atoms with Crippen molar-refractivity contribution in [1.82, 2.24) is 0 Å². The monoisotopic (exact) mass is 312 g/mol. The van der Waals surface area contributed by atoms with E-state index in [0.717, 1.165) is 0 Å². The molecule has 0 saturated heterocycles. The second-order valence-electron chi connectivity index (χ2n) is 1.20. The van der Waals surface area contributed by atoms with E-state index in [-0.39, 0.29) is 65.4 Å². The second kappa shape index (κ2) is 57.1. The van der Waals surface area contributed by atoms with Crippen molar-refractivity contribution in [1.29, 1.82) is 0 Å². The van der Waals surface area contributed by atoms with Crippen LogP contribution in [0, 0.1) is 14.2 Å². The Bertz CT molecular complexity index is 21.9. The van der Waals surface area contributed by atoms with E-state index in [0.29, 0.717) is 6.61 Å². The number of ether oxygens (including phenoxy) is 1. The van der Waals surface area contributed by atoms with Gasteiger partial charge in [0.1, 0.15) is 0 Å². The van der Waals surface area contributed by atoms with E-state index in [9.17, 15) is 0 Å². The average molecular weight is 312 g/mol. The molecule has 0 unspecified atom stereocenters. The Morgan fingerprint density at radius 3 is 1.18 bits per heavy atom. The van der Waals surface area contributed by atoms with Gasteiger partial charge in [-0.2, -0.15) is 0 Å². The summed E-state index contributed by atoms with van der Waals surface area (Å²) in [5.41, 5.74) is 0. The molecule has 0 aliphatic carbocycles. The number of aliphatic hydroxyl groups excluding tert-OH is 1. The van der Waals surface area contributed by atoms with Gasteiger partial charge in [0.25, 0.3) is 0 Å². The van der Waals surface area contributed by atoms with Crippen LogP contribution < -0.4 is 0 Å². The van der Waals surface area contributed by atoms with Gasteiger partial charge in [0, 0.05) is 72.0 Å². The normalized spacial score (nSPS) is 4.91. The maximum Gasteiger partial charge on any atom is 0.00804 e. The van der Waals surface area contributed by atoms with Crippen molar-refractivity contribution in [3.05, 3.63) is 14.2 Å². The Morgan fingerprint density at radius 2 is 1.18 bits per heavy atom. The summed E-state index contributed by atoms with van der Waals surface area (Å²) in [6, 6.07) is 0. The van der Waals surface area contributed by atoms with Crippen molar-refractivity contribution in [2.75, 3.05) is 6.61 Å². The van der Waals surface area contributed by atoms with Crippen LogP contribution in [-0.2, 0) is 70.2 Å². The summed E-state index contributed by atoms with van der Waals surface area (Å²) in [5.74, 6) is 0. The van der Waals surface area contributed by atoms with Crippen LogP contribution in [0.15, 0.2) is 0 Å². The Balaban J connectivity index is -0.0000000158. The average Bonchev–Trinajstić information content (AvgIpc) is 1.94. The fourth-order valence-electron chi connectivity index (χ4n) is 0. The molecular formula is C7H18O2Y2-2. The van der Waals surface area contributed by atoms with Gasteiger partial charge in [0.05, 0.1) is 0 Å². The van der Waals surface area contributed by atoms with Crippen LogP contribution in [0.4, 0.5) is 0 Å². The van der Waals surface area contributed by atoms with E-state index in [1.54, 1.807) is 0 Å². The Morgan fingerprint density at radius 1 is 1.09 bits per heavy atom. The second-order valence-corrected chi connectivity index (χ2v) is 1.20. The molecule has 0 aromatic rings. The van der Waals surface area contributed by atoms with E-state index in [1.807, 2.05) is 6.92 Å². The molecule has 0 rings (SSSR count). The van der Waals surface area contributed by atoms with E-state index in [1.165, 1.54) is 6.42 Å². The van der Waals surface area contributed by atoms with Crippen molar-refractivity contribution in [3.8, 4) is 0 Å². The molecule has 4 heteroatoms. The summed E-state index contributed by atoms with van der Waals surface area (Å²) in [4.78, 5) is 0. The van der Waals surface area contributed by atoms with Gasteiger partial charge in [0.2, 0.25) is 0 Å². The predicted octanol–water partition coefficient (Wildman–Crippen LogP) is 2.38. The van der Waals surface area contributed by atoms with Crippen molar-refractivity contribution in [3.63, 3.8) is 0 Å². The molecule has 0 spiro atoms. The largest absolute Gasteiger partial charge is 0.569 e. The first-order valence-corrected chi connectivity index (χ1v) is 3.01. The third kappa shape index (κ3) is 127. The maximum atomic E-state index is 6.75. The SMILES string of the molecule is CCC.[CH2-]O.[CH2-]OCC.[Y].[Y]. The fraction of sp³-hybridized carbons (Fsp3) is 0.714. The van der Waals surface area contributed by atoms with Crippen molar-refractivity contribution >= 4 is 0 Å². The van der Waals surface area contributed by atoms with Crippen LogP contribution in [0.25, 0.3) is 0 Å². The fourth-order valence-corrected chi connectivity index (χ4v) is 0. The molecule has 0 fully saturated rings. The number of hydrogen-bond acceptors (Lipinski definition) is 2. The van der Waals surface area contributed by atoms with Crippen LogP contribution in [0.2, 0.25) is 0 Å². The predicted molar refractivity (Wildman–Crippen MR) is 40.2 cm³/mol. The number of rotatable bonds is 1. The van der Waals surface area contributed by atoms with Gasteiger partial charge in [-0.1, -0.05) is 20.3 Å². The number of hydrogen-bond donors (Lipinski definition) is 1. The summed E-state index contributed by atoms with van der Waals surface area (Å²) < 4.78 is 4.29. The Kier molecular flexibility index (Phi) is 152. The standard InChI is InChI=1S/C3H7O.C3H8.CH3O.2Y/c1-3-4-2;1-3-2;1-2;;/h2-3H2,1H3;3H2,1-2H3;2H,1H2;;/q-1;;-1;;. The van der Waals surface area contributed by atoms with Gasteiger partial charge in [-0.15, -0.1) is 0 Å². The Labute approximate surface area is 122 Å². The molecular weight excluding hydrogens is 294 g/mol. The van der Waals surface area contributed by atoms with Crippen LogP contribution in [0.3, 0.4) is 0 Å².